The molecule has 4 nitrogen and oxygen atoms in total. The number of hydrogen-bond donors (Lipinski definition) is 0. The zero-order chi connectivity index (χ0) is 17.0. The summed E-state index contributed by atoms with van der Waals surface area (Å²) in [6, 6.07) is 8.47. The van der Waals surface area contributed by atoms with Crippen molar-refractivity contribution in [2.45, 2.75) is 13.8 Å². The maximum absolute atomic E-state index is 4.85. The lowest BCUT2D eigenvalue weighted by Gasteiger charge is -2.09. The Labute approximate surface area is 158 Å². The number of aliphatic imine (C=N–C) groups is 1. The fourth-order valence-electron chi connectivity index (χ4n) is 2.86. The van der Waals surface area contributed by atoms with Crippen LogP contribution in [0.1, 0.15) is 28.3 Å². The lowest BCUT2D eigenvalue weighted by atomic mass is 9.93. The minimum atomic E-state index is 0.643. The summed E-state index contributed by atoms with van der Waals surface area (Å²) in [6.07, 6.45) is 0. The van der Waals surface area contributed by atoms with Gasteiger partial charge in [-0.05, 0) is 42.0 Å². The first-order chi connectivity index (χ1) is 11.5. The third-order valence-corrected chi connectivity index (χ3v) is 6.70. The Kier molecular flexibility index (Phi) is 3.72. The number of aromatic nitrogens is 3. The van der Waals surface area contributed by atoms with Crippen molar-refractivity contribution in [1.82, 2.24) is 14.8 Å². The summed E-state index contributed by atoms with van der Waals surface area (Å²) in [7, 11) is 2.09. The Hall–Kier alpha value is -1.74. The van der Waals surface area contributed by atoms with E-state index in [-0.39, 0.29) is 0 Å². The molecular weight excluding hydrogens is 430 g/mol. The van der Waals surface area contributed by atoms with E-state index < -0.39 is 0 Å². The second-order valence-corrected chi connectivity index (χ2v) is 8.67. The van der Waals surface area contributed by atoms with Crippen LogP contribution in [0.25, 0.3) is 10.7 Å². The summed E-state index contributed by atoms with van der Waals surface area (Å²) >= 11 is 4.14. The van der Waals surface area contributed by atoms with Gasteiger partial charge in [0, 0.05) is 11.1 Å². The number of hydrogen-bond acceptors (Lipinski definition) is 4. The van der Waals surface area contributed by atoms with E-state index in [2.05, 4.69) is 83.0 Å². The van der Waals surface area contributed by atoms with Crippen molar-refractivity contribution in [3.05, 3.63) is 62.1 Å². The highest BCUT2D eigenvalue weighted by atomic mass is 127. The van der Waals surface area contributed by atoms with Crippen LogP contribution in [0.3, 0.4) is 0 Å². The maximum Gasteiger partial charge on any atom is 0.187 e. The van der Waals surface area contributed by atoms with Crippen LogP contribution in [0.2, 0.25) is 0 Å². The van der Waals surface area contributed by atoms with Crippen molar-refractivity contribution in [2.75, 3.05) is 0 Å². The molecule has 1 aliphatic heterocycles. The summed E-state index contributed by atoms with van der Waals surface area (Å²) in [5, 5.41) is 9.63. The topological polar surface area (TPSA) is 43.1 Å². The van der Waals surface area contributed by atoms with Crippen LogP contribution in [0.4, 0.5) is 0 Å². The molecule has 0 saturated carbocycles. The minimum absolute atomic E-state index is 0.643. The largest absolute Gasteiger partial charge is 0.268 e. The van der Waals surface area contributed by atoms with Crippen molar-refractivity contribution >= 4 is 58.6 Å². The first-order valence-electron chi connectivity index (χ1n) is 7.54. The molecule has 3 aromatic rings. The van der Waals surface area contributed by atoms with Gasteiger partial charge in [-0.25, -0.2) is 4.99 Å². The molecule has 0 fully saturated rings. The van der Waals surface area contributed by atoms with Crippen LogP contribution < -0.4 is 5.46 Å². The summed E-state index contributed by atoms with van der Waals surface area (Å²) in [5.74, 6) is 1.57. The SMILES string of the molecule is Bc1ccc(C2=NC(=C)c3nnc(C)n3-c3sc(I)c(C)c32)cc1. The normalized spacial score (nSPS) is 13.3. The quantitative estimate of drug-likeness (QED) is 0.428. The Morgan fingerprint density at radius 2 is 1.88 bits per heavy atom. The number of halogens is 1. The molecule has 0 unspecified atom stereocenters. The van der Waals surface area contributed by atoms with Crippen molar-refractivity contribution in [1.29, 1.82) is 0 Å². The molecule has 7 heteroatoms. The Morgan fingerprint density at radius 3 is 2.58 bits per heavy atom. The molecule has 0 bridgehead atoms. The van der Waals surface area contributed by atoms with E-state index in [4.69, 9.17) is 4.99 Å². The molecule has 1 aliphatic rings. The van der Waals surface area contributed by atoms with Gasteiger partial charge in [0.15, 0.2) is 5.82 Å². The molecule has 1 aromatic carbocycles. The molecule has 0 atom stereocenters. The minimum Gasteiger partial charge on any atom is -0.268 e. The smallest absolute Gasteiger partial charge is 0.187 e. The van der Waals surface area contributed by atoms with E-state index in [0.29, 0.717) is 11.5 Å². The van der Waals surface area contributed by atoms with Gasteiger partial charge in [0.25, 0.3) is 0 Å². The lowest BCUT2D eigenvalue weighted by Crippen LogP contribution is -2.09. The van der Waals surface area contributed by atoms with Crippen LogP contribution in [-0.2, 0) is 0 Å². The third kappa shape index (κ3) is 2.29. The Bertz CT molecular complexity index is 1010. The van der Waals surface area contributed by atoms with Gasteiger partial charge in [-0.3, -0.25) is 4.57 Å². The number of aryl methyl sites for hydroxylation is 1. The van der Waals surface area contributed by atoms with Crippen molar-refractivity contribution in [2.24, 2.45) is 4.99 Å². The van der Waals surface area contributed by atoms with E-state index in [1.54, 1.807) is 11.3 Å². The van der Waals surface area contributed by atoms with Crippen molar-refractivity contribution in [3.8, 4) is 5.00 Å². The van der Waals surface area contributed by atoms with Gasteiger partial charge in [0.1, 0.15) is 24.4 Å². The summed E-state index contributed by atoms with van der Waals surface area (Å²) < 4.78 is 3.33. The maximum atomic E-state index is 4.85. The zero-order valence-corrected chi connectivity index (χ0v) is 16.6. The average molecular weight is 444 g/mol. The number of thiophene rings is 1. The molecule has 0 amide bonds. The van der Waals surface area contributed by atoms with Gasteiger partial charge in [0.05, 0.1) is 8.60 Å². The third-order valence-electron chi connectivity index (χ3n) is 4.16. The molecule has 0 N–H and O–H groups in total. The summed E-state index contributed by atoms with van der Waals surface area (Å²) in [4.78, 5) is 4.85. The zero-order valence-electron chi connectivity index (χ0n) is 13.6. The number of nitrogens with zero attached hydrogens (tertiary/aromatic N) is 4. The molecule has 24 heavy (non-hydrogen) atoms. The molecule has 2 aromatic heterocycles. The fraction of sp³-hybridized carbons (Fsp3) is 0.118. The monoisotopic (exact) mass is 444 g/mol. The molecule has 118 valence electrons. The molecular formula is C17H14BIN4S. The van der Waals surface area contributed by atoms with E-state index in [0.717, 1.165) is 27.7 Å². The van der Waals surface area contributed by atoms with E-state index in [9.17, 15) is 0 Å². The second kappa shape index (κ2) is 5.66. The van der Waals surface area contributed by atoms with E-state index in [1.165, 1.54) is 13.9 Å². The highest BCUT2D eigenvalue weighted by Crippen LogP contribution is 2.38. The molecule has 0 aliphatic carbocycles. The molecule has 0 spiro atoms. The standard InChI is InChI=1S/C17H14BIN4S/c1-8-13-14(11-4-6-12(18)7-5-11)20-9(2)16-22-21-10(3)23(16)17(13)24-15(8)19/h4-7H,2,18H2,1,3H3. The molecule has 0 saturated heterocycles. The van der Waals surface area contributed by atoms with Gasteiger partial charge in [-0.2, -0.15) is 0 Å². The molecule has 4 rings (SSSR count). The lowest BCUT2D eigenvalue weighted by molar-refractivity contribution is 0.977. The molecule has 3 heterocycles. The fourth-order valence-corrected chi connectivity index (χ4v) is 4.84. The van der Waals surface area contributed by atoms with Crippen molar-refractivity contribution < 1.29 is 0 Å². The van der Waals surface area contributed by atoms with Crippen molar-refractivity contribution in [3.63, 3.8) is 0 Å². The average Bonchev–Trinajstić information content (AvgIpc) is 3.03. The van der Waals surface area contributed by atoms with Crippen LogP contribution >= 0.6 is 33.9 Å². The summed E-state index contributed by atoms with van der Waals surface area (Å²) in [5.41, 5.74) is 6.31. The van der Waals surface area contributed by atoms with E-state index >= 15 is 0 Å². The van der Waals surface area contributed by atoms with E-state index in [1.807, 2.05) is 6.92 Å². The number of fused-ring (bicyclic) bond motifs is 3. The molecule has 0 radical (unpaired) electrons. The van der Waals surface area contributed by atoms with Gasteiger partial charge < -0.3 is 0 Å². The number of benzene rings is 1. The van der Waals surface area contributed by atoms with Gasteiger partial charge in [-0.15, -0.1) is 21.5 Å². The van der Waals surface area contributed by atoms with Crippen LogP contribution in [0.15, 0.2) is 35.8 Å². The predicted molar refractivity (Wildman–Crippen MR) is 111 cm³/mol. The van der Waals surface area contributed by atoms with Crippen LogP contribution in [0, 0.1) is 16.7 Å². The highest BCUT2D eigenvalue weighted by Gasteiger charge is 2.28. The van der Waals surface area contributed by atoms with Crippen LogP contribution in [0.5, 0.6) is 0 Å². The van der Waals surface area contributed by atoms with Gasteiger partial charge in [0.2, 0.25) is 0 Å². The van der Waals surface area contributed by atoms with Gasteiger partial charge in [-0.1, -0.05) is 36.3 Å². The van der Waals surface area contributed by atoms with Gasteiger partial charge >= 0.3 is 0 Å². The second-order valence-electron chi connectivity index (χ2n) is 5.86. The first kappa shape index (κ1) is 15.8. The van der Waals surface area contributed by atoms with Crippen LogP contribution in [-0.4, -0.2) is 28.3 Å². The Morgan fingerprint density at radius 1 is 1.17 bits per heavy atom. The number of rotatable bonds is 1. The Balaban J connectivity index is 2.06. The highest BCUT2D eigenvalue weighted by molar-refractivity contribution is 14.1. The predicted octanol–water partition coefficient (Wildman–Crippen LogP) is 2.63. The summed E-state index contributed by atoms with van der Waals surface area (Å²) in [6.45, 7) is 8.24. The first-order valence-corrected chi connectivity index (χ1v) is 9.43.